The third-order valence-electron chi connectivity index (χ3n) is 4.30. The number of aryl methyl sites for hydroxylation is 1. The monoisotopic (exact) mass is 378 g/mol. The van der Waals surface area contributed by atoms with E-state index in [2.05, 4.69) is 30.7 Å². The first-order chi connectivity index (χ1) is 12.2. The number of imidazole rings is 1. The molecule has 0 aliphatic heterocycles. The van der Waals surface area contributed by atoms with Gasteiger partial charge in [-0.1, -0.05) is 39.0 Å². The Morgan fingerprint density at radius 2 is 1.96 bits per heavy atom. The zero-order valence-corrected chi connectivity index (χ0v) is 16.1. The predicted octanol–water partition coefficient (Wildman–Crippen LogP) is 5.34. The van der Waals surface area contributed by atoms with Crippen molar-refractivity contribution in [2.24, 2.45) is 5.41 Å². The molecular weight excluding hydrogens is 354 g/mol. The van der Waals surface area contributed by atoms with Gasteiger partial charge in [-0.05, 0) is 30.0 Å². The van der Waals surface area contributed by atoms with E-state index >= 15 is 0 Å². The minimum absolute atomic E-state index is 0.0266. The van der Waals surface area contributed by atoms with Gasteiger partial charge in [-0.3, -0.25) is 10.8 Å². The maximum Gasteiger partial charge on any atom is 0.159 e. The van der Waals surface area contributed by atoms with Gasteiger partial charge in [-0.25, -0.2) is 13.8 Å². The molecule has 0 aliphatic rings. The molecule has 0 bridgehead atoms. The maximum absolute atomic E-state index is 13.2. The zero-order chi connectivity index (χ0) is 19.3. The van der Waals surface area contributed by atoms with Crippen LogP contribution in [0.3, 0.4) is 0 Å². The Morgan fingerprint density at radius 3 is 2.62 bits per heavy atom. The van der Waals surface area contributed by atoms with Crippen LogP contribution in [0.4, 0.5) is 8.78 Å². The Labute approximate surface area is 156 Å². The van der Waals surface area contributed by atoms with E-state index in [0.717, 1.165) is 48.3 Å². The highest BCUT2D eigenvalue weighted by Crippen LogP contribution is 2.24. The highest BCUT2D eigenvalue weighted by molar-refractivity contribution is 8.26. The quantitative estimate of drug-likeness (QED) is 0.449. The number of hydrogen-bond acceptors (Lipinski definition) is 4. The number of aromatic amines is 1. The van der Waals surface area contributed by atoms with Crippen LogP contribution in [0.15, 0.2) is 24.4 Å². The third-order valence-corrected chi connectivity index (χ3v) is 5.19. The van der Waals surface area contributed by atoms with Gasteiger partial charge in [-0.15, -0.1) is 0 Å². The number of rotatable bonds is 7. The minimum Gasteiger partial charge on any atom is -0.346 e. The summed E-state index contributed by atoms with van der Waals surface area (Å²) in [5, 5.41) is 16.3. The molecule has 0 amide bonds. The minimum atomic E-state index is -0.988. The predicted molar refractivity (Wildman–Crippen MR) is 103 cm³/mol. The molecule has 140 valence electrons. The molecule has 7 heteroatoms. The van der Waals surface area contributed by atoms with E-state index in [0.29, 0.717) is 12.8 Å². The van der Waals surface area contributed by atoms with Crippen molar-refractivity contribution in [1.82, 2.24) is 9.97 Å². The van der Waals surface area contributed by atoms with Crippen molar-refractivity contribution in [3.05, 3.63) is 53.1 Å². The standard InChI is InChI=1S/C19H24F2N4S/c1-4-19(2,3)10-13-11-24-17(25-13)8-7-16(22)26-18(23)12-5-6-14(20)15(21)9-12/h5-6,9,11,22-23H,4,7-8,10H2,1-3H3,(H,24,25). The Kier molecular flexibility index (Phi) is 6.69. The summed E-state index contributed by atoms with van der Waals surface area (Å²) < 4.78 is 26.2. The average molecular weight is 378 g/mol. The summed E-state index contributed by atoms with van der Waals surface area (Å²) >= 11 is 0.943. The Hall–Kier alpha value is -2.02. The first-order valence-corrected chi connectivity index (χ1v) is 9.34. The summed E-state index contributed by atoms with van der Waals surface area (Å²) in [5.74, 6) is -1.12. The number of H-pyrrole nitrogens is 1. The fraction of sp³-hybridized carbons (Fsp3) is 0.421. The van der Waals surface area contributed by atoms with Crippen LogP contribution in [-0.2, 0) is 12.8 Å². The SMILES string of the molecule is CCC(C)(C)Cc1cnc(CCC(=N)SC(=N)c2ccc(F)c(F)c2)[nH]1. The van der Waals surface area contributed by atoms with Gasteiger partial charge < -0.3 is 4.98 Å². The van der Waals surface area contributed by atoms with Gasteiger partial charge in [0.05, 0.1) is 5.04 Å². The van der Waals surface area contributed by atoms with E-state index in [4.69, 9.17) is 10.8 Å². The first-order valence-electron chi connectivity index (χ1n) is 8.52. The largest absolute Gasteiger partial charge is 0.346 e. The van der Waals surface area contributed by atoms with Crippen molar-refractivity contribution in [3.8, 4) is 0 Å². The molecule has 2 aromatic rings. The summed E-state index contributed by atoms with van der Waals surface area (Å²) in [5.41, 5.74) is 1.56. The van der Waals surface area contributed by atoms with Gasteiger partial charge in [0, 0.05) is 30.3 Å². The Bertz CT molecular complexity index is 799. The van der Waals surface area contributed by atoms with Crippen LogP contribution in [0.1, 0.15) is 50.7 Å². The number of thioether (sulfide) groups is 1. The molecule has 0 atom stereocenters. The van der Waals surface area contributed by atoms with Crippen molar-refractivity contribution in [3.63, 3.8) is 0 Å². The smallest absolute Gasteiger partial charge is 0.159 e. The molecule has 26 heavy (non-hydrogen) atoms. The van der Waals surface area contributed by atoms with E-state index < -0.39 is 11.6 Å². The van der Waals surface area contributed by atoms with Crippen LogP contribution in [0, 0.1) is 27.9 Å². The van der Waals surface area contributed by atoms with Gasteiger partial charge in [-0.2, -0.15) is 0 Å². The van der Waals surface area contributed by atoms with E-state index in [1.165, 1.54) is 6.07 Å². The topological polar surface area (TPSA) is 76.4 Å². The third kappa shape index (κ3) is 5.76. The van der Waals surface area contributed by atoms with Crippen molar-refractivity contribution in [2.45, 2.75) is 46.5 Å². The van der Waals surface area contributed by atoms with E-state index in [-0.39, 0.29) is 21.1 Å². The Morgan fingerprint density at radius 1 is 1.23 bits per heavy atom. The summed E-state index contributed by atoms with van der Waals surface area (Å²) in [6.45, 7) is 6.59. The summed E-state index contributed by atoms with van der Waals surface area (Å²) in [4.78, 5) is 7.65. The molecule has 0 aliphatic carbocycles. The number of aromatic nitrogens is 2. The number of halogens is 2. The summed E-state index contributed by atoms with van der Waals surface area (Å²) in [6, 6.07) is 3.31. The molecular formula is C19H24F2N4S. The molecule has 0 unspecified atom stereocenters. The second kappa shape index (κ2) is 8.58. The number of nitrogens with zero attached hydrogens (tertiary/aromatic N) is 1. The molecule has 1 heterocycles. The van der Waals surface area contributed by atoms with Crippen LogP contribution in [0.25, 0.3) is 0 Å². The van der Waals surface area contributed by atoms with E-state index in [1.54, 1.807) is 0 Å². The number of nitrogens with one attached hydrogen (secondary N) is 3. The van der Waals surface area contributed by atoms with Gasteiger partial charge in [0.15, 0.2) is 11.6 Å². The first kappa shape index (κ1) is 20.3. The van der Waals surface area contributed by atoms with Crippen molar-refractivity contribution < 1.29 is 8.78 Å². The molecule has 0 spiro atoms. The van der Waals surface area contributed by atoms with Crippen molar-refractivity contribution in [2.75, 3.05) is 0 Å². The number of benzene rings is 1. The van der Waals surface area contributed by atoms with Crippen LogP contribution >= 0.6 is 11.8 Å². The number of hydrogen-bond donors (Lipinski definition) is 3. The van der Waals surface area contributed by atoms with E-state index in [9.17, 15) is 8.78 Å². The molecule has 1 aromatic heterocycles. The molecule has 4 nitrogen and oxygen atoms in total. The molecule has 1 aromatic carbocycles. The average Bonchev–Trinajstić information content (AvgIpc) is 3.02. The van der Waals surface area contributed by atoms with E-state index in [1.807, 2.05) is 6.20 Å². The molecule has 0 radical (unpaired) electrons. The second-order valence-electron chi connectivity index (χ2n) is 7.03. The highest BCUT2D eigenvalue weighted by Gasteiger charge is 2.17. The fourth-order valence-corrected chi connectivity index (χ4v) is 3.06. The lowest BCUT2D eigenvalue weighted by molar-refractivity contribution is 0.346. The van der Waals surface area contributed by atoms with Gasteiger partial charge in [0.2, 0.25) is 0 Å². The summed E-state index contributed by atoms with van der Waals surface area (Å²) in [7, 11) is 0. The molecule has 3 N–H and O–H groups in total. The lowest BCUT2D eigenvalue weighted by Gasteiger charge is -2.21. The molecule has 0 saturated heterocycles. The molecule has 0 saturated carbocycles. The Balaban J connectivity index is 1.86. The maximum atomic E-state index is 13.2. The van der Waals surface area contributed by atoms with Gasteiger partial charge in [0.1, 0.15) is 10.9 Å². The van der Waals surface area contributed by atoms with Crippen molar-refractivity contribution >= 4 is 21.8 Å². The van der Waals surface area contributed by atoms with Crippen LogP contribution in [0.5, 0.6) is 0 Å². The molecule has 0 fully saturated rings. The van der Waals surface area contributed by atoms with Crippen LogP contribution in [-0.4, -0.2) is 20.1 Å². The highest BCUT2D eigenvalue weighted by atomic mass is 32.2. The molecule has 2 rings (SSSR count). The normalized spacial score (nSPS) is 11.6. The lowest BCUT2D eigenvalue weighted by Crippen LogP contribution is -2.13. The van der Waals surface area contributed by atoms with Gasteiger partial charge in [0.25, 0.3) is 0 Å². The van der Waals surface area contributed by atoms with Crippen molar-refractivity contribution in [1.29, 1.82) is 10.8 Å². The van der Waals surface area contributed by atoms with Crippen LogP contribution in [0.2, 0.25) is 0 Å². The fourth-order valence-electron chi connectivity index (χ4n) is 2.37. The summed E-state index contributed by atoms with van der Waals surface area (Å²) in [6.07, 6.45) is 4.84. The zero-order valence-electron chi connectivity index (χ0n) is 15.2. The lowest BCUT2D eigenvalue weighted by atomic mass is 9.85. The second-order valence-corrected chi connectivity index (χ2v) is 8.14. The van der Waals surface area contributed by atoms with Gasteiger partial charge >= 0.3 is 0 Å². The van der Waals surface area contributed by atoms with Crippen LogP contribution < -0.4 is 0 Å².